The van der Waals surface area contributed by atoms with E-state index < -0.39 is 0 Å². The summed E-state index contributed by atoms with van der Waals surface area (Å²) in [6.45, 7) is 1.71. The quantitative estimate of drug-likeness (QED) is 0.782. The molecule has 0 radical (unpaired) electrons. The standard InChI is InChI=1S/C12H14ClN3/c13-12-4-2-1-3-10(12)7-14-6-5-11-8-15-9-16-11/h1-4,8-9,14H,5-7H2,(H,15,16). The van der Waals surface area contributed by atoms with Crippen molar-refractivity contribution < 1.29 is 0 Å². The first-order chi connectivity index (χ1) is 7.86. The highest BCUT2D eigenvalue weighted by atomic mass is 35.5. The lowest BCUT2D eigenvalue weighted by Gasteiger charge is -2.05. The number of aromatic nitrogens is 2. The zero-order chi connectivity index (χ0) is 11.2. The van der Waals surface area contributed by atoms with Crippen LogP contribution < -0.4 is 5.32 Å². The molecule has 0 saturated carbocycles. The molecule has 0 saturated heterocycles. The average Bonchev–Trinajstić information content (AvgIpc) is 2.79. The van der Waals surface area contributed by atoms with Crippen LogP contribution in [-0.4, -0.2) is 16.5 Å². The normalized spacial score (nSPS) is 10.6. The topological polar surface area (TPSA) is 40.7 Å². The summed E-state index contributed by atoms with van der Waals surface area (Å²) in [6.07, 6.45) is 4.49. The maximum atomic E-state index is 6.05. The van der Waals surface area contributed by atoms with Crippen molar-refractivity contribution in [2.24, 2.45) is 0 Å². The Hall–Kier alpha value is -1.32. The van der Waals surface area contributed by atoms with Gasteiger partial charge < -0.3 is 10.3 Å². The van der Waals surface area contributed by atoms with Crippen LogP contribution in [-0.2, 0) is 13.0 Å². The van der Waals surface area contributed by atoms with Gasteiger partial charge in [-0.1, -0.05) is 29.8 Å². The highest BCUT2D eigenvalue weighted by Gasteiger charge is 1.98. The third-order valence-corrected chi connectivity index (χ3v) is 2.77. The van der Waals surface area contributed by atoms with Gasteiger partial charge in [-0.05, 0) is 11.6 Å². The van der Waals surface area contributed by atoms with Gasteiger partial charge in [0, 0.05) is 36.4 Å². The average molecular weight is 236 g/mol. The molecule has 0 fully saturated rings. The molecule has 16 heavy (non-hydrogen) atoms. The fraction of sp³-hybridized carbons (Fsp3) is 0.250. The first kappa shape index (κ1) is 11.2. The van der Waals surface area contributed by atoms with Crippen molar-refractivity contribution in [1.29, 1.82) is 0 Å². The van der Waals surface area contributed by atoms with Crippen molar-refractivity contribution in [3.8, 4) is 0 Å². The molecule has 84 valence electrons. The number of nitrogens with zero attached hydrogens (tertiary/aromatic N) is 1. The maximum absolute atomic E-state index is 6.05. The van der Waals surface area contributed by atoms with Crippen molar-refractivity contribution >= 4 is 11.6 Å². The lowest BCUT2D eigenvalue weighted by molar-refractivity contribution is 0.681. The highest BCUT2D eigenvalue weighted by molar-refractivity contribution is 6.31. The summed E-state index contributed by atoms with van der Waals surface area (Å²) in [6, 6.07) is 7.88. The van der Waals surface area contributed by atoms with Gasteiger partial charge >= 0.3 is 0 Å². The second-order valence-electron chi connectivity index (χ2n) is 3.60. The monoisotopic (exact) mass is 235 g/mol. The molecular formula is C12H14ClN3. The first-order valence-corrected chi connectivity index (χ1v) is 5.65. The number of rotatable bonds is 5. The summed E-state index contributed by atoms with van der Waals surface area (Å²) in [7, 11) is 0. The zero-order valence-electron chi connectivity index (χ0n) is 8.91. The Morgan fingerprint density at radius 3 is 2.94 bits per heavy atom. The van der Waals surface area contributed by atoms with Crippen molar-refractivity contribution in [3.05, 3.63) is 53.1 Å². The van der Waals surface area contributed by atoms with Crippen LogP contribution in [0.4, 0.5) is 0 Å². The van der Waals surface area contributed by atoms with Crippen LogP contribution in [0, 0.1) is 0 Å². The minimum absolute atomic E-state index is 0.799. The van der Waals surface area contributed by atoms with Crippen molar-refractivity contribution in [2.45, 2.75) is 13.0 Å². The van der Waals surface area contributed by atoms with Crippen LogP contribution in [0.2, 0.25) is 5.02 Å². The van der Waals surface area contributed by atoms with Crippen molar-refractivity contribution in [3.63, 3.8) is 0 Å². The molecule has 0 bridgehead atoms. The van der Waals surface area contributed by atoms with Gasteiger partial charge in [-0.25, -0.2) is 4.98 Å². The summed E-state index contributed by atoms with van der Waals surface area (Å²) >= 11 is 6.05. The van der Waals surface area contributed by atoms with Crippen LogP contribution in [0.5, 0.6) is 0 Å². The van der Waals surface area contributed by atoms with E-state index in [-0.39, 0.29) is 0 Å². The molecule has 0 aliphatic heterocycles. The smallest absolute Gasteiger partial charge is 0.0921 e. The Morgan fingerprint density at radius 2 is 2.19 bits per heavy atom. The Kier molecular flexibility index (Phi) is 3.97. The second-order valence-corrected chi connectivity index (χ2v) is 4.00. The van der Waals surface area contributed by atoms with Crippen molar-refractivity contribution in [1.82, 2.24) is 15.3 Å². The summed E-state index contributed by atoms with van der Waals surface area (Å²) < 4.78 is 0. The minimum atomic E-state index is 0.799. The minimum Gasteiger partial charge on any atom is -0.348 e. The van der Waals surface area contributed by atoms with E-state index >= 15 is 0 Å². The molecule has 1 aromatic carbocycles. The molecule has 3 nitrogen and oxygen atoms in total. The van der Waals surface area contributed by atoms with E-state index in [2.05, 4.69) is 15.3 Å². The number of nitrogens with one attached hydrogen (secondary N) is 2. The third-order valence-electron chi connectivity index (χ3n) is 2.40. The number of aromatic amines is 1. The van der Waals surface area contributed by atoms with Gasteiger partial charge in [0.25, 0.3) is 0 Å². The van der Waals surface area contributed by atoms with Crippen LogP contribution in [0.15, 0.2) is 36.8 Å². The van der Waals surface area contributed by atoms with Gasteiger partial charge in [-0.15, -0.1) is 0 Å². The molecule has 0 unspecified atom stereocenters. The van der Waals surface area contributed by atoms with Gasteiger partial charge in [0.2, 0.25) is 0 Å². The molecule has 4 heteroatoms. The van der Waals surface area contributed by atoms with E-state index in [1.807, 2.05) is 30.5 Å². The summed E-state index contributed by atoms with van der Waals surface area (Å²) in [5, 5.41) is 4.16. The van der Waals surface area contributed by atoms with Crippen molar-refractivity contribution in [2.75, 3.05) is 6.54 Å². The lowest BCUT2D eigenvalue weighted by Crippen LogP contribution is -2.16. The first-order valence-electron chi connectivity index (χ1n) is 5.27. The van der Waals surface area contributed by atoms with E-state index in [0.29, 0.717) is 0 Å². The van der Waals surface area contributed by atoms with Crippen LogP contribution >= 0.6 is 11.6 Å². The van der Waals surface area contributed by atoms with Gasteiger partial charge in [0.1, 0.15) is 0 Å². The molecule has 0 amide bonds. The number of H-pyrrole nitrogens is 1. The predicted molar refractivity (Wildman–Crippen MR) is 65.5 cm³/mol. The third kappa shape index (κ3) is 3.08. The molecular weight excluding hydrogens is 222 g/mol. The Bertz CT molecular complexity index is 426. The fourth-order valence-corrected chi connectivity index (χ4v) is 1.71. The van der Waals surface area contributed by atoms with Crippen LogP contribution in [0.25, 0.3) is 0 Å². The van der Waals surface area contributed by atoms with E-state index in [1.54, 1.807) is 6.33 Å². The Labute approximate surface area is 99.9 Å². The molecule has 1 heterocycles. The van der Waals surface area contributed by atoms with Gasteiger partial charge in [-0.2, -0.15) is 0 Å². The molecule has 0 spiro atoms. The highest BCUT2D eigenvalue weighted by Crippen LogP contribution is 2.14. The summed E-state index contributed by atoms with van der Waals surface area (Å²) in [4.78, 5) is 7.04. The number of halogens is 1. The molecule has 2 aromatic rings. The number of hydrogen-bond acceptors (Lipinski definition) is 2. The second kappa shape index (κ2) is 5.68. The molecule has 2 N–H and O–H groups in total. The van der Waals surface area contributed by atoms with E-state index in [0.717, 1.165) is 35.8 Å². The fourth-order valence-electron chi connectivity index (χ4n) is 1.51. The van der Waals surface area contributed by atoms with E-state index in [4.69, 9.17) is 11.6 Å². The maximum Gasteiger partial charge on any atom is 0.0921 e. The van der Waals surface area contributed by atoms with E-state index in [9.17, 15) is 0 Å². The largest absolute Gasteiger partial charge is 0.348 e. The lowest BCUT2D eigenvalue weighted by atomic mass is 10.2. The molecule has 0 aliphatic rings. The number of hydrogen-bond donors (Lipinski definition) is 2. The Balaban J connectivity index is 1.74. The molecule has 1 aromatic heterocycles. The summed E-state index contributed by atoms with van der Waals surface area (Å²) in [5.41, 5.74) is 2.28. The Morgan fingerprint density at radius 1 is 1.31 bits per heavy atom. The molecule has 2 rings (SSSR count). The number of benzene rings is 1. The molecule has 0 atom stereocenters. The van der Waals surface area contributed by atoms with Gasteiger partial charge in [0.05, 0.1) is 6.33 Å². The van der Waals surface area contributed by atoms with E-state index in [1.165, 1.54) is 0 Å². The van der Waals surface area contributed by atoms with Gasteiger partial charge in [-0.3, -0.25) is 0 Å². The predicted octanol–water partition coefficient (Wildman–Crippen LogP) is 2.40. The zero-order valence-corrected chi connectivity index (χ0v) is 9.67. The SMILES string of the molecule is Clc1ccccc1CNCCc1cnc[nH]1. The van der Waals surface area contributed by atoms with Gasteiger partial charge in [0.15, 0.2) is 0 Å². The number of imidazole rings is 1. The summed E-state index contributed by atoms with van der Waals surface area (Å²) in [5.74, 6) is 0. The van der Waals surface area contributed by atoms with Crippen LogP contribution in [0.3, 0.4) is 0 Å². The molecule has 0 aliphatic carbocycles. The van der Waals surface area contributed by atoms with Crippen LogP contribution in [0.1, 0.15) is 11.3 Å².